The van der Waals surface area contributed by atoms with Crippen LogP contribution >= 0.6 is 0 Å². The Hall–Kier alpha value is -2.44. The van der Waals surface area contributed by atoms with Gasteiger partial charge in [-0.1, -0.05) is 0 Å². The molecule has 22 heavy (non-hydrogen) atoms. The van der Waals surface area contributed by atoms with E-state index in [-0.39, 0.29) is 17.9 Å². The number of fused-ring (bicyclic) bond motifs is 1. The van der Waals surface area contributed by atoms with Gasteiger partial charge in [-0.25, -0.2) is 9.50 Å². The highest BCUT2D eigenvalue weighted by molar-refractivity contribution is 5.99. The first-order valence-electron chi connectivity index (χ1n) is 7.45. The number of likely N-dealkylation sites (tertiary alicyclic amines) is 1. The van der Waals surface area contributed by atoms with Crippen molar-refractivity contribution in [2.45, 2.75) is 32.2 Å². The Bertz CT molecular complexity index is 724. The molecule has 1 saturated heterocycles. The summed E-state index contributed by atoms with van der Waals surface area (Å²) in [5.74, 6) is -0.153. The minimum absolute atomic E-state index is 0.0193. The Kier molecular flexibility index (Phi) is 3.79. The van der Waals surface area contributed by atoms with Crippen LogP contribution in [-0.4, -0.2) is 44.9 Å². The highest BCUT2D eigenvalue weighted by Gasteiger charge is 2.28. The van der Waals surface area contributed by atoms with E-state index in [1.54, 1.807) is 24.7 Å². The average molecular weight is 301 g/mol. The Labute approximate surface area is 128 Å². The maximum absolute atomic E-state index is 11.9. The van der Waals surface area contributed by atoms with Gasteiger partial charge in [-0.15, -0.1) is 0 Å². The zero-order valence-corrected chi connectivity index (χ0v) is 12.7. The lowest BCUT2D eigenvalue weighted by molar-refractivity contribution is -0.132. The fourth-order valence-electron chi connectivity index (χ4n) is 3.07. The van der Waals surface area contributed by atoms with Crippen LogP contribution in [0.1, 0.15) is 48.3 Å². The molecule has 3 rings (SSSR count). The van der Waals surface area contributed by atoms with Crippen molar-refractivity contribution >= 4 is 17.5 Å². The smallest absolute Gasteiger partial charge is 0.256 e. The number of amides is 2. The van der Waals surface area contributed by atoms with Gasteiger partial charge in [0, 0.05) is 26.7 Å². The predicted octanol–water partition coefficient (Wildman–Crippen LogP) is 1.16. The van der Waals surface area contributed by atoms with E-state index in [2.05, 4.69) is 15.4 Å². The number of hydrogen-bond acceptors (Lipinski definition) is 4. The molecule has 1 aliphatic heterocycles. The molecular weight excluding hydrogens is 282 g/mol. The summed E-state index contributed by atoms with van der Waals surface area (Å²) in [6.07, 6.45) is 6.18. The van der Waals surface area contributed by atoms with Crippen molar-refractivity contribution in [2.75, 3.05) is 13.6 Å². The third-order valence-electron chi connectivity index (χ3n) is 4.15. The van der Waals surface area contributed by atoms with Gasteiger partial charge in [-0.2, -0.15) is 5.10 Å². The molecule has 0 bridgehead atoms. The quantitative estimate of drug-likeness (QED) is 0.903. The lowest BCUT2D eigenvalue weighted by atomic mass is 9.99. The van der Waals surface area contributed by atoms with E-state index in [1.165, 1.54) is 6.20 Å². The lowest BCUT2D eigenvalue weighted by Gasteiger charge is -2.35. The molecule has 2 amide bonds. The van der Waals surface area contributed by atoms with E-state index >= 15 is 0 Å². The molecule has 2 aromatic heterocycles. The molecule has 0 aromatic carbocycles. The van der Waals surface area contributed by atoms with E-state index in [1.807, 2.05) is 11.0 Å². The van der Waals surface area contributed by atoms with E-state index in [0.717, 1.165) is 31.5 Å². The van der Waals surface area contributed by atoms with Crippen LogP contribution in [0.4, 0.5) is 0 Å². The van der Waals surface area contributed by atoms with Crippen molar-refractivity contribution in [3.05, 3.63) is 29.7 Å². The molecule has 7 nitrogen and oxygen atoms in total. The second-order valence-corrected chi connectivity index (χ2v) is 5.47. The number of carbonyl (C=O) groups excluding carboxylic acids is 2. The number of piperidine rings is 1. The molecule has 116 valence electrons. The normalized spacial score (nSPS) is 18.5. The van der Waals surface area contributed by atoms with Gasteiger partial charge in [0.1, 0.15) is 5.56 Å². The highest BCUT2D eigenvalue weighted by Crippen LogP contribution is 2.31. The maximum Gasteiger partial charge on any atom is 0.256 e. The number of aromatic nitrogens is 3. The van der Waals surface area contributed by atoms with Crippen LogP contribution in [0.25, 0.3) is 5.65 Å². The van der Waals surface area contributed by atoms with Crippen molar-refractivity contribution in [1.29, 1.82) is 0 Å². The molecule has 2 aromatic rings. The Morgan fingerprint density at radius 2 is 2.18 bits per heavy atom. The highest BCUT2D eigenvalue weighted by atomic mass is 16.2. The molecule has 0 radical (unpaired) electrons. The molecular formula is C15H19N5O2. The number of hydrogen-bond donors (Lipinski definition) is 1. The van der Waals surface area contributed by atoms with Crippen molar-refractivity contribution in [1.82, 2.24) is 24.8 Å². The standard InChI is InChI=1S/C15H19N5O2/c1-10(21)19-8-4-3-5-12(19)13-6-7-17-14-11(15(22)16-2)9-18-20(13)14/h6-7,9,12H,3-5,8H2,1-2H3,(H,16,22). The van der Waals surface area contributed by atoms with Crippen molar-refractivity contribution in [3.8, 4) is 0 Å². The first-order valence-corrected chi connectivity index (χ1v) is 7.45. The molecule has 1 atom stereocenters. The number of nitrogens with one attached hydrogen (secondary N) is 1. The summed E-state index contributed by atoms with van der Waals surface area (Å²) in [6, 6.07) is 1.86. The largest absolute Gasteiger partial charge is 0.355 e. The van der Waals surface area contributed by atoms with Crippen LogP contribution in [-0.2, 0) is 4.79 Å². The summed E-state index contributed by atoms with van der Waals surface area (Å²) in [7, 11) is 1.58. The molecule has 0 saturated carbocycles. The van der Waals surface area contributed by atoms with Crippen molar-refractivity contribution < 1.29 is 9.59 Å². The van der Waals surface area contributed by atoms with Crippen LogP contribution in [0.5, 0.6) is 0 Å². The van der Waals surface area contributed by atoms with E-state index in [9.17, 15) is 9.59 Å². The molecule has 1 fully saturated rings. The minimum Gasteiger partial charge on any atom is -0.355 e. The molecule has 7 heteroatoms. The van der Waals surface area contributed by atoms with Crippen LogP contribution in [0.15, 0.2) is 18.5 Å². The summed E-state index contributed by atoms with van der Waals surface area (Å²) in [5.41, 5.74) is 1.86. The van der Waals surface area contributed by atoms with E-state index in [4.69, 9.17) is 0 Å². The summed E-state index contributed by atoms with van der Waals surface area (Å²) >= 11 is 0. The Morgan fingerprint density at radius 3 is 2.91 bits per heavy atom. The SMILES string of the molecule is CNC(=O)c1cnn2c(C3CCCCN3C(C)=O)ccnc12. The monoisotopic (exact) mass is 301 g/mol. The number of carbonyl (C=O) groups is 2. The fourth-order valence-corrected chi connectivity index (χ4v) is 3.07. The zero-order chi connectivity index (χ0) is 15.7. The Balaban J connectivity index is 2.09. The molecule has 1 aliphatic rings. The molecule has 1 N–H and O–H groups in total. The molecule has 1 unspecified atom stereocenters. The molecule has 3 heterocycles. The number of rotatable bonds is 2. The Morgan fingerprint density at radius 1 is 1.36 bits per heavy atom. The van der Waals surface area contributed by atoms with Crippen LogP contribution in [0, 0.1) is 0 Å². The van der Waals surface area contributed by atoms with Crippen molar-refractivity contribution in [3.63, 3.8) is 0 Å². The van der Waals surface area contributed by atoms with Gasteiger partial charge < -0.3 is 10.2 Å². The van der Waals surface area contributed by atoms with Crippen LogP contribution in [0.3, 0.4) is 0 Å². The third kappa shape index (κ3) is 2.32. The number of nitrogens with zero attached hydrogens (tertiary/aromatic N) is 4. The lowest BCUT2D eigenvalue weighted by Crippen LogP contribution is -2.37. The van der Waals surface area contributed by atoms with Gasteiger partial charge in [-0.05, 0) is 25.3 Å². The first-order chi connectivity index (χ1) is 10.6. The molecule has 0 aliphatic carbocycles. The van der Waals surface area contributed by atoms with E-state index < -0.39 is 0 Å². The minimum atomic E-state index is -0.216. The maximum atomic E-state index is 11.9. The van der Waals surface area contributed by atoms with Gasteiger partial charge in [0.05, 0.1) is 17.9 Å². The predicted molar refractivity (Wildman–Crippen MR) is 80.4 cm³/mol. The fraction of sp³-hybridized carbons (Fsp3) is 0.467. The van der Waals surface area contributed by atoms with Gasteiger partial charge in [-0.3, -0.25) is 9.59 Å². The third-order valence-corrected chi connectivity index (χ3v) is 4.15. The van der Waals surface area contributed by atoms with Gasteiger partial charge in [0.15, 0.2) is 5.65 Å². The summed E-state index contributed by atoms with van der Waals surface area (Å²) in [4.78, 5) is 29.9. The second-order valence-electron chi connectivity index (χ2n) is 5.47. The van der Waals surface area contributed by atoms with E-state index in [0.29, 0.717) is 11.2 Å². The van der Waals surface area contributed by atoms with Gasteiger partial charge in [0.2, 0.25) is 5.91 Å². The zero-order valence-electron chi connectivity index (χ0n) is 12.7. The van der Waals surface area contributed by atoms with Crippen molar-refractivity contribution in [2.24, 2.45) is 0 Å². The van der Waals surface area contributed by atoms with Gasteiger partial charge in [0.25, 0.3) is 5.91 Å². The first kappa shape index (κ1) is 14.5. The molecule has 0 spiro atoms. The van der Waals surface area contributed by atoms with Crippen LogP contribution in [0.2, 0.25) is 0 Å². The summed E-state index contributed by atoms with van der Waals surface area (Å²) < 4.78 is 1.68. The average Bonchev–Trinajstić information content (AvgIpc) is 2.98. The van der Waals surface area contributed by atoms with Crippen LogP contribution < -0.4 is 5.32 Å². The summed E-state index contributed by atoms with van der Waals surface area (Å²) in [6.45, 7) is 2.35. The second kappa shape index (κ2) is 5.75. The van der Waals surface area contributed by atoms with Gasteiger partial charge >= 0.3 is 0 Å². The summed E-state index contributed by atoms with van der Waals surface area (Å²) in [5, 5.41) is 6.90. The topological polar surface area (TPSA) is 79.6 Å².